The molecule has 19 heavy (non-hydrogen) atoms. The molecule has 0 aliphatic rings. The summed E-state index contributed by atoms with van der Waals surface area (Å²) in [4.78, 5) is 0. The summed E-state index contributed by atoms with van der Waals surface area (Å²) in [5, 5.41) is 7.78. The van der Waals surface area contributed by atoms with Gasteiger partial charge in [0.15, 0.2) is 0 Å². The third kappa shape index (κ3) is 3.64. The van der Waals surface area contributed by atoms with Crippen molar-refractivity contribution in [1.82, 2.24) is 15.1 Å². The normalized spacial score (nSPS) is 12.6. The molecule has 1 aromatic carbocycles. The molecule has 1 aromatic heterocycles. The lowest BCUT2D eigenvalue weighted by Crippen LogP contribution is -2.21. The summed E-state index contributed by atoms with van der Waals surface area (Å²) in [5.41, 5.74) is 3.28. The maximum atomic E-state index is 13.0. The van der Waals surface area contributed by atoms with Gasteiger partial charge >= 0.3 is 0 Å². The fourth-order valence-electron chi connectivity index (χ4n) is 2.28. The number of aromatic nitrogens is 2. The van der Waals surface area contributed by atoms with Crippen LogP contribution in [-0.4, -0.2) is 16.3 Å². The van der Waals surface area contributed by atoms with E-state index in [-0.39, 0.29) is 11.9 Å². The van der Waals surface area contributed by atoms with Crippen LogP contribution in [0.1, 0.15) is 29.8 Å². The van der Waals surface area contributed by atoms with Crippen molar-refractivity contribution in [3.05, 3.63) is 53.1 Å². The van der Waals surface area contributed by atoms with Crippen LogP contribution >= 0.6 is 0 Å². The van der Waals surface area contributed by atoms with Crippen LogP contribution in [0.25, 0.3) is 0 Å². The van der Waals surface area contributed by atoms with Gasteiger partial charge in [0.1, 0.15) is 5.82 Å². The van der Waals surface area contributed by atoms with Gasteiger partial charge in [0.25, 0.3) is 0 Å². The van der Waals surface area contributed by atoms with E-state index in [9.17, 15) is 4.39 Å². The number of rotatable bonds is 5. The topological polar surface area (TPSA) is 29.9 Å². The highest BCUT2D eigenvalue weighted by molar-refractivity contribution is 5.20. The first-order valence-corrected chi connectivity index (χ1v) is 6.54. The second-order valence-electron chi connectivity index (χ2n) is 4.90. The zero-order valence-corrected chi connectivity index (χ0v) is 11.7. The molecule has 0 radical (unpaired) electrons. The molecule has 102 valence electrons. The van der Waals surface area contributed by atoms with Crippen molar-refractivity contribution >= 4 is 0 Å². The van der Waals surface area contributed by atoms with Crippen LogP contribution in [0, 0.1) is 12.7 Å². The van der Waals surface area contributed by atoms with Crippen LogP contribution in [0.2, 0.25) is 0 Å². The Morgan fingerprint density at radius 3 is 2.84 bits per heavy atom. The second kappa shape index (κ2) is 5.97. The fourth-order valence-corrected chi connectivity index (χ4v) is 2.28. The Kier molecular flexibility index (Phi) is 4.32. The molecule has 2 rings (SSSR count). The zero-order valence-electron chi connectivity index (χ0n) is 11.7. The third-order valence-corrected chi connectivity index (χ3v) is 3.27. The first-order valence-electron chi connectivity index (χ1n) is 6.54. The Hall–Kier alpha value is -1.68. The van der Waals surface area contributed by atoms with Gasteiger partial charge in [-0.15, -0.1) is 0 Å². The van der Waals surface area contributed by atoms with Crippen LogP contribution < -0.4 is 5.32 Å². The number of aryl methyl sites for hydroxylation is 2. The van der Waals surface area contributed by atoms with Crippen molar-refractivity contribution in [3.63, 3.8) is 0 Å². The van der Waals surface area contributed by atoms with Gasteiger partial charge in [0, 0.05) is 24.8 Å². The van der Waals surface area contributed by atoms with E-state index in [2.05, 4.69) is 17.3 Å². The SMILES string of the molecule is Cc1nn(C)cc1C(C)NCCc1cccc(F)c1. The predicted octanol–water partition coefficient (Wildman–Crippen LogP) is 2.76. The van der Waals surface area contributed by atoms with Crippen molar-refractivity contribution in [2.24, 2.45) is 7.05 Å². The number of nitrogens with zero attached hydrogens (tertiary/aromatic N) is 2. The molecule has 1 atom stereocenters. The summed E-state index contributed by atoms with van der Waals surface area (Å²) in [6.07, 6.45) is 2.86. The van der Waals surface area contributed by atoms with Gasteiger partial charge < -0.3 is 5.32 Å². The van der Waals surface area contributed by atoms with Crippen LogP contribution in [0.15, 0.2) is 30.5 Å². The average molecular weight is 261 g/mol. The molecule has 1 heterocycles. The lowest BCUT2D eigenvalue weighted by atomic mass is 10.1. The highest BCUT2D eigenvalue weighted by Crippen LogP contribution is 2.15. The van der Waals surface area contributed by atoms with Gasteiger partial charge in [-0.3, -0.25) is 4.68 Å². The second-order valence-corrected chi connectivity index (χ2v) is 4.90. The van der Waals surface area contributed by atoms with Crippen LogP contribution in [-0.2, 0) is 13.5 Å². The van der Waals surface area contributed by atoms with E-state index < -0.39 is 0 Å². The molecule has 1 N–H and O–H groups in total. The number of hydrogen-bond donors (Lipinski definition) is 1. The van der Waals surface area contributed by atoms with Crippen molar-refractivity contribution in [3.8, 4) is 0 Å². The zero-order chi connectivity index (χ0) is 13.8. The van der Waals surface area contributed by atoms with E-state index >= 15 is 0 Å². The molecule has 0 aliphatic heterocycles. The molecule has 1 unspecified atom stereocenters. The summed E-state index contributed by atoms with van der Waals surface area (Å²) < 4.78 is 14.9. The quantitative estimate of drug-likeness (QED) is 0.897. The summed E-state index contributed by atoms with van der Waals surface area (Å²) >= 11 is 0. The van der Waals surface area contributed by atoms with Crippen LogP contribution in [0.4, 0.5) is 4.39 Å². The van der Waals surface area contributed by atoms with E-state index in [0.29, 0.717) is 0 Å². The van der Waals surface area contributed by atoms with Crippen molar-refractivity contribution in [1.29, 1.82) is 0 Å². The first kappa shape index (κ1) is 13.7. The van der Waals surface area contributed by atoms with Gasteiger partial charge in [-0.25, -0.2) is 4.39 Å². The molecule has 0 amide bonds. The van der Waals surface area contributed by atoms with Gasteiger partial charge in [0.2, 0.25) is 0 Å². The summed E-state index contributed by atoms with van der Waals surface area (Å²) in [6.45, 7) is 4.95. The molecule has 0 saturated carbocycles. The third-order valence-electron chi connectivity index (χ3n) is 3.27. The number of nitrogens with one attached hydrogen (secondary N) is 1. The summed E-state index contributed by atoms with van der Waals surface area (Å²) in [6, 6.07) is 7.01. The maximum absolute atomic E-state index is 13.0. The highest BCUT2D eigenvalue weighted by Gasteiger charge is 2.10. The number of halogens is 1. The van der Waals surface area contributed by atoms with Crippen LogP contribution in [0.3, 0.4) is 0 Å². The molecule has 4 heteroatoms. The van der Waals surface area contributed by atoms with Gasteiger partial charge in [-0.1, -0.05) is 12.1 Å². The number of benzene rings is 1. The molecule has 3 nitrogen and oxygen atoms in total. The molecule has 0 spiro atoms. The molecular weight excluding hydrogens is 241 g/mol. The fraction of sp³-hybridized carbons (Fsp3) is 0.400. The Balaban J connectivity index is 1.87. The highest BCUT2D eigenvalue weighted by atomic mass is 19.1. The Morgan fingerprint density at radius 1 is 1.42 bits per heavy atom. The Labute approximate surface area is 113 Å². The minimum atomic E-state index is -0.173. The number of hydrogen-bond acceptors (Lipinski definition) is 2. The molecule has 0 aliphatic carbocycles. The Morgan fingerprint density at radius 2 is 2.21 bits per heavy atom. The van der Waals surface area contributed by atoms with Crippen molar-refractivity contribution in [2.75, 3.05) is 6.54 Å². The lowest BCUT2D eigenvalue weighted by Gasteiger charge is -2.13. The summed E-state index contributed by atoms with van der Waals surface area (Å²) in [5.74, 6) is -0.173. The predicted molar refractivity (Wildman–Crippen MR) is 74.5 cm³/mol. The van der Waals surface area contributed by atoms with Gasteiger partial charge in [-0.2, -0.15) is 5.10 Å². The maximum Gasteiger partial charge on any atom is 0.123 e. The molecule has 2 aromatic rings. The van der Waals surface area contributed by atoms with E-state index in [0.717, 1.165) is 24.2 Å². The van der Waals surface area contributed by atoms with Crippen LogP contribution in [0.5, 0.6) is 0 Å². The lowest BCUT2D eigenvalue weighted by molar-refractivity contribution is 0.572. The standard InChI is InChI=1S/C15H20FN3/c1-11(15-10-19(3)18-12(15)2)17-8-7-13-5-4-6-14(16)9-13/h4-6,9-11,17H,7-8H2,1-3H3. The van der Waals surface area contributed by atoms with E-state index in [1.165, 1.54) is 11.6 Å². The molecule has 0 fully saturated rings. The average Bonchev–Trinajstić information content (AvgIpc) is 2.68. The smallest absolute Gasteiger partial charge is 0.123 e. The minimum absolute atomic E-state index is 0.173. The van der Waals surface area contributed by atoms with Gasteiger partial charge in [-0.05, 0) is 44.5 Å². The van der Waals surface area contributed by atoms with Crippen molar-refractivity contribution in [2.45, 2.75) is 26.3 Å². The first-order chi connectivity index (χ1) is 9.06. The molecular formula is C15H20FN3. The van der Waals surface area contributed by atoms with E-state index in [1.54, 1.807) is 12.1 Å². The minimum Gasteiger partial charge on any atom is -0.310 e. The van der Waals surface area contributed by atoms with E-state index in [4.69, 9.17) is 0 Å². The van der Waals surface area contributed by atoms with Crippen molar-refractivity contribution < 1.29 is 4.39 Å². The molecule has 0 bridgehead atoms. The summed E-state index contributed by atoms with van der Waals surface area (Å²) in [7, 11) is 1.93. The van der Waals surface area contributed by atoms with Gasteiger partial charge in [0.05, 0.1) is 5.69 Å². The van der Waals surface area contributed by atoms with E-state index in [1.807, 2.05) is 30.9 Å². The Bertz CT molecular complexity index is 548. The largest absolute Gasteiger partial charge is 0.310 e. The monoisotopic (exact) mass is 261 g/mol. The molecule has 0 saturated heterocycles.